The van der Waals surface area contributed by atoms with Crippen LogP contribution in [0.4, 0.5) is 30.8 Å². The molecule has 2 saturated heterocycles. The Morgan fingerprint density at radius 3 is 2.48 bits per heavy atom. The number of allylic oxidation sites excluding steroid dienone is 1. The number of alkyl halides is 2. The molecule has 0 amide bonds. The monoisotopic (exact) mass is 410 g/mol. The molecule has 8 nitrogen and oxygen atoms in total. The van der Waals surface area contributed by atoms with Gasteiger partial charge in [-0.1, -0.05) is 0 Å². The standard InChI is InChI=1S/C18H25F3N8/c19-14-15(25-13(23)9-12(22)11-1-2-11)26-17(29-6-3-18(20,21)10-29)27-16(14)28-7-4-24-5-8-28/h9,11,24H,1-8,10,22H2,(H2,23,25,26,27)/b12-9-. The molecule has 1 aromatic heterocycles. The van der Waals surface area contributed by atoms with Crippen molar-refractivity contribution in [2.24, 2.45) is 22.4 Å². The zero-order valence-corrected chi connectivity index (χ0v) is 16.0. The lowest BCUT2D eigenvalue weighted by Gasteiger charge is -2.29. The minimum absolute atomic E-state index is 0.0240. The van der Waals surface area contributed by atoms with Gasteiger partial charge in [-0.15, -0.1) is 0 Å². The van der Waals surface area contributed by atoms with Gasteiger partial charge in [0.15, 0.2) is 11.6 Å². The molecule has 1 aliphatic carbocycles. The number of amidine groups is 1. The van der Waals surface area contributed by atoms with E-state index >= 15 is 4.39 Å². The van der Waals surface area contributed by atoms with Crippen LogP contribution in [0.25, 0.3) is 0 Å². The zero-order chi connectivity index (χ0) is 20.6. The van der Waals surface area contributed by atoms with Crippen LogP contribution in [-0.4, -0.2) is 61.0 Å². The predicted octanol–water partition coefficient (Wildman–Crippen LogP) is 1.11. The van der Waals surface area contributed by atoms with Crippen molar-refractivity contribution in [2.45, 2.75) is 25.2 Å². The fourth-order valence-corrected chi connectivity index (χ4v) is 3.48. The zero-order valence-electron chi connectivity index (χ0n) is 16.0. The van der Waals surface area contributed by atoms with Crippen molar-refractivity contribution in [3.05, 3.63) is 17.6 Å². The largest absolute Gasteiger partial charge is 0.402 e. The second-order valence-corrected chi connectivity index (χ2v) is 7.70. The number of aromatic nitrogens is 2. The lowest BCUT2D eigenvalue weighted by atomic mass is 10.3. The number of nitrogens with two attached hydrogens (primary N) is 2. The Morgan fingerprint density at radius 1 is 1.14 bits per heavy atom. The first-order valence-electron chi connectivity index (χ1n) is 9.79. The molecule has 2 aliphatic heterocycles. The summed E-state index contributed by atoms with van der Waals surface area (Å²) in [4.78, 5) is 15.6. The van der Waals surface area contributed by atoms with E-state index in [9.17, 15) is 8.78 Å². The number of piperazine rings is 1. The summed E-state index contributed by atoms with van der Waals surface area (Å²) in [6, 6.07) is 0. The Bertz CT molecular complexity index is 831. The third kappa shape index (κ3) is 4.55. The molecule has 0 bridgehead atoms. The molecule has 1 saturated carbocycles. The van der Waals surface area contributed by atoms with Gasteiger partial charge >= 0.3 is 0 Å². The van der Waals surface area contributed by atoms with Gasteiger partial charge in [-0.05, 0) is 24.8 Å². The lowest BCUT2D eigenvalue weighted by Crippen LogP contribution is -2.44. The van der Waals surface area contributed by atoms with Crippen LogP contribution in [0.3, 0.4) is 0 Å². The van der Waals surface area contributed by atoms with Crippen molar-refractivity contribution in [1.82, 2.24) is 15.3 Å². The van der Waals surface area contributed by atoms with Gasteiger partial charge in [0, 0.05) is 44.8 Å². The highest BCUT2D eigenvalue weighted by molar-refractivity contribution is 5.93. The molecule has 0 aromatic carbocycles. The summed E-state index contributed by atoms with van der Waals surface area (Å²) in [5.74, 6) is -3.41. The molecule has 5 N–H and O–H groups in total. The van der Waals surface area contributed by atoms with E-state index in [-0.39, 0.29) is 42.3 Å². The fraction of sp³-hybridized carbons (Fsp3) is 0.611. The Hall–Kier alpha value is -2.56. The summed E-state index contributed by atoms with van der Waals surface area (Å²) in [5.41, 5.74) is 12.5. The van der Waals surface area contributed by atoms with Crippen molar-refractivity contribution >= 4 is 23.4 Å². The first kappa shape index (κ1) is 19.7. The molecule has 0 radical (unpaired) electrons. The maximum Gasteiger partial charge on any atom is 0.267 e. The highest BCUT2D eigenvalue weighted by Crippen LogP contribution is 2.34. The predicted molar refractivity (Wildman–Crippen MR) is 105 cm³/mol. The molecule has 11 heteroatoms. The van der Waals surface area contributed by atoms with E-state index in [1.807, 2.05) is 0 Å². The van der Waals surface area contributed by atoms with E-state index in [2.05, 4.69) is 20.3 Å². The Balaban J connectivity index is 1.70. The number of nitrogens with zero attached hydrogens (tertiary/aromatic N) is 5. The summed E-state index contributed by atoms with van der Waals surface area (Å²) < 4.78 is 42.6. The molecule has 29 heavy (non-hydrogen) atoms. The van der Waals surface area contributed by atoms with E-state index in [1.54, 1.807) is 4.90 Å². The average molecular weight is 410 g/mol. The van der Waals surface area contributed by atoms with Crippen molar-refractivity contribution in [3.8, 4) is 0 Å². The van der Waals surface area contributed by atoms with Gasteiger partial charge < -0.3 is 26.6 Å². The molecular formula is C18H25F3N8. The highest BCUT2D eigenvalue weighted by Gasteiger charge is 2.40. The van der Waals surface area contributed by atoms with Crippen LogP contribution in [0.1, 0.15) is 19.3 Å². The number of anilines is 2. The molecule has 0 unspecified atom stereocenters. The third-order valence-electron chi connectivity index (χ3n) is 5.27. The van der Waals surface area contributed by atoms with Crippen molar-refractivity contribution < 1.29 is 13.2 Å². The Morgan fingerprint density at radius 2 is 1.86 bits per heavy atom. The molecule has 3 heterocycles. The number of nitrogens with one attached hydrogen (secondary N) is 1. The number of halogens is 3. The Labute approximate surface area is 166 Å². The van der Waals surface area contributed by atoms with Gasteiger partial charge in [0.05, 0.1) is 6.54 Å². The van der Waals surface area contributed by atoms with Gasteiger partial charge in [-0.2, -0.15) is 14.4 Å². The minimum Gasteiger partial charge on any atom is -0.402 e. The smallest absolute Gasteiger partial charge is 0.267 e. The van der Waals surface area contributed by atoms with Crippen molar-refractivity contribution in [3.63, 3.8) is 0 Å². The topological polar surface area (TPSA) is 109 Å². The second-order valence-electron chi connectivity index (χ2n) is 7.70. The molecular weight excluding hydrogens is 385 g/mol. The van der Waals surface area contributed by atoms with Crippen molar-refractivity contribution in [1.29, 1.82) is 0 Å². The second kappa shape index (κ2) is 7.69. The van der Waals surface area contributed by atoms with E-state index in [1.165, 1.54) is 11.0 Å². The highest BCUT2D eigenvalue weighted by atomic mass is 19.3. The van der Waals surface area contributed by atoms with Crippen LogP contribution in [-0.2, 0) is 0 Å². The minimum atomic E-state index is -2.82. The number of hydrogen-bond donors (Lipinski definition) is 3. The van der Waals surface area contributed by atoms with E-state index in [0.717, 1.165) is 12.8 Å². The van der Waals surface area contributed by atoms with Crippen molar-refractivity contribution in [2.75, 3.05) is 49.1 Å². The first-order valence-corrected chi connectivity index (χ1v) is 9.79. The Kier molecular flexibility index (Phi) is 5.24. The van der Waals surface area contributed by atoms with Crippen LogP contribution in [0.5, 0.6) is 0 Å². The molecule has 0 atom stereocenters. The number of aliphatic imine (C=N–C) groups is 1. The molecule has 4 rings (SSSR count). The summed E-state index contributed by atoms with van der Waals surface area (Å²) >= 11 is 0. The number of hydrogen-bond acceptors (Lipinski definition) is 7. The van der Waals surface area contributed by atoms with Crippen LogP contribution < -0.4 is 26.6 Å². The summed E-state index contributed by atoms with van der Waals surface area (Å²) in [6.45, 7) is 2.00. The van der Waals surface area contributed by atoms with Crippen LogP contribution in [0.2, 0.25) is 0 Å². The quantitative estimate of drug-likeness (QED) is 0.493. The van der Waals surface area contributed by atoms with Crippen LogP contribution in [0, 0.1) is 11.7 Å². The summed E-state index contributed by atoms with van der Waals surface area (Å²) in [7, 11) is 0. The maximum atomic E-state index is 15.2. The third-order valence-corrected chi connectivity index (χ3v) is 5.27. The van der Waals surface area contributed by atoms with Gasteiger partial charge in [0.2, 0.25) is 11.8 Å². The SMILES string of the molecule is N/C(=C\C(N)=N\c1nc(N2CCC(F)(F)C2)nc(N2CCNCC2)c1F)C1CC1. The molecule has 3 aliphatic rings. The normalized spacial score (nSPS) is 23.0. The maximum absolute atomic E-state index is 15.2. The van der Waals surface area contributed by atoms with Gasteiger partial charge in [0.25, 0.3) is 5.92 Å². The van der Waals surface area contributed by atoms with Crippen LogP contribution in [0.15, 0.2) is 16.8 Å². The van der Waals surface area contributed by atoms with E-state index in [4.69, 9.17) is 11.5 Å². The fourth-order valence-electron chi connectivity index (χ4n) is 3.48. The summed E-state index contributed by atoms with van der Waals surface area (Å²) in [5, 5.41) is 3.18. The molecule has 1 aromatic rings. The van der Waals surface area contributed by atoms with Gasteiger partial charge in [0.1, 0.15) is 5.84 Å². The molecule has 0 spiro atoms. The number of rotatable bonds is 5. The lowest BCUT2D eigenvalue weighted by molar-refractivity contribution is 0.0256. The molecule has 3 fully saturated rings. The van der Waals surface area contributed by atoms with E-state index in [0.29, 0.717) is 31.9 Å². The first-order chi connectivity index (χ1) is 13.8. The average Bonchev–Trinajstić information content (AvgIpc) is 3.47. The van der Waals surface area contributed by atoms with Gasteiger partial charge in [-0.25, -0.2) is 13.8 Å². The van der Waals surface area contributed by atoms with Gasteiger partial charge in [-0.3, -0.25) is 0 Å². The van der Waals surface area contributed by atoms with Crippen LogP contribution >= 0.6 is 0 Å². The van der Waals surface area contributed by atoms with E-state index < -0.39 is 18.3 Å². The summed E-state index contributed by atoms with van der Waals surface area (Å²) in [6.07, 6.45) is 3.21. The molecule has 158 valence electrons.